The van der Waals surface area contributed by atoms with E-state index in [-0.39, 0.29) is 39.6 Å². The molecule has 0 fully saturated rings. The standard InChI is InChI=1S/3C6H13O.Ga/c3*1-2-3-4-5-6-7;/h3*2-6H2,1H3;/q3*-1;+3. The summed E-state index contributed by atoms with van der Waals surface area (Å²) in [6.07, 6.45) is 13.3. The van der Waals surface area contributed by atoms with E-state index >= 15 is 0 Å². The Morgan fingerprint density at radius 1 is 0.409 bits per heavy atom. The summed E-state index contributed by atoms with van der Waals surface area (Å²) in [5.74, 6) is 0. The van der Waals surface area contributed by atoms with Crippen LogP contribution in [0.1, 0.15) is 97.8 Å². The van der Waals surface area contributed by atoms with Gasteiger partial charge < -0.3 is 15.3 Å². The van der Waals surface area contributed by atoms with Crippen molar-refractivity contribution in [2.45, 2.75) is 97.8 Å². The third-order valence-electron chi connectivity index (χ3n) is 2.99. The Balaban J connectivity index is -0.000000108. The van der Waals surface area contributed by atoms with Gasteiger partial charge in [0, 0.05) is 0 Å². The van der Waals surface area contributed by atoms with Crippen LogP contribution in [0.3, 0.4) is 0 Å². The zero-order valence-corrected chi connectivity index (χ0v) is 17.8. The van der Waals surface area contributed by atoms with Crippen LogP contribution in [0.4, 0.5) is 0 Å². The molecule has 0 amide bonds. The molecule has 0 aliphatic carbocycles. The van der Waals surface area contributed by atoms with Crippen molar-refractivity contribution < 1.29 is 15.3 Å². The van der Waals surface area contributed by atoms with Crippen LogP contribution in [0.25, 0.3) is 0 Å². The molecule has 0 heterocycles. The van der Waals surface area contributed by atoms with Crippen LogP contribution >= 0.6 is 0 Å². The average molecular weight is 373 g/mol. The summed E-state index contributed by atoms with van der Waals surface area (Å²) in [7, 11) is 0. The number of hydrogen-bond acceptors (Lipinski definition) is 3. The topological polar surface area (TPSA) is 69.2 Å². The van der Waals surface area contributed by atoms with Crippen LogP contribution in [0.5, 0.6) is 0 Å². The molecule has 22 heavy (non-hydrogen) atoms. The van der Waals surface area contributed by atoms with E-state index in [1.54, 1.807) is 0 Å². The molecule has 0 atom stereocenters. The van der Waals surface area contributed by atoms with Gasteiger partial charge in [-0.2, -0.15) is 0 Å². The van der Waals surface area contributed by atoms with Crippen LogP contribution < -0.4 is 15.3 Å². The van der Waals surface area contributed by atoms with E-state index in [4.69, 9.17) is 0 Å². The summed E-state index contributed by atoms with van der Waals surface area (Å²) >= 11 is 0. The fourth-order valence-corrected chi connectivity index (χ4v) is 1.59. The first-order chi connectivity index (χ1) is 10.2. The minimum Gasteiger partial charge on any atom is -0.854 e. The molecule has 0 radical (unpaired) electrons. The molecule has 0 saturated carbocycles. The predicted octanol–water partition coefficient (Wildman–Crippen LogP) is 2.40. The Hall–Kier alpha value is 0.516. The fraction of sp³-hybridized carbons (Fsp3) is 1.00. The maximum atomic E-state index is 9.80. The van der Waals surface area contributed by atoms with E-state index in [1.165, 1.54) is 38.5 Å². The van der Waals surface area contributed by atoms with Gasteiger partial charge in [0.25, 0.3) is 0 Å². The molecule has 0 aromatic heterocycles. The molecule has 0 aromatic rings. The largest absolute Gasteiger partial charge is 3.00 e. The molecule has 0 saturated heterocycles. The first-order valence-electron chi connectivity index (χ1n) is 8.99. The van der Waals surface area contributed by atoms with Crippen molar-refractivity contribution >= 4 is 19.8 Å². The maximum absolute atomic E-state index is 9.80. The van der Waals surface area contributed by atoms with Gasteiger partial charge in [-0.15, -0.1) is 19.8 Å². The van der Waals surface area contributed by atoms with Gasteiger partial charge >= 0.3 is 19.8 Å². The number of unbranched alkanes of at least 4 members (excludes halogenated alkanes) is 9. The second kappa shape index (κ2) is 37.6. The summed E-state index contributed by atoms with van der Waals surface area (Å²) in [5, 5.41) is 29.4. The van der Waals surface area contributed by atoms with Crippen LogP contribution in [-0.4, -0.2) is 39.6 Å². The van der Waals surface area contributed by atoms with Gasteiger partial charge in [0.15, 0.2) is 0 Å². The Morgan fingerprint density at radius 2 is 0.636 bits per heavy atom. The summed E-state index contributed by atoms with van der Waals surface area (Å²) in [6.45, 7) is 6.76. The van der Waals surface area contributed by atoms with Crippen molar-refractivity contribution in [2.75, 3.05) is 19.8 Å². The van der Waals surface area contributed by atoms with Crippen LogP contribution in [-0.2, 0) is 0 Å². The number of rotatable bonds is 12. The average Bonchev–Trinajstić information content (AvgIpc) is 2.50. The van der Waals surface area contributed by atoms with E-state index in [9.17, 15) is 15.3 Å². The van der Waals surface area contributed by atoms with E-state index in [0.29, 0.717) is 0 Å². The van der Waals surface area contributed by atoms with Crippen molar-refractivity contribution in [1.29, 1.82) is 0 Å². The van der Waals surface area contributed by atoms with Crippen LogP contribution in [0, 0.1) is 0 Å². The van der Waals surface area contributed by atoms with Crippen LogP contribution in [0.2, 0.25) is 0 Å². The van der Waals surface area contributed by atoms with Gasteiger partial charge in [-0.3, -0.25) is 0 Å². The minimum atomic E-state index is 0. The number of hydrogen-bond donors (Lipinski definition) is 0. The van der Waals surface area contributed by atoms with E-state index in [1.807, 2.05) is 0 Å². The quantitative estimate of drug-likeness (QED) is 0.390. The predicted molar refractivity (Wildman–Crippen MR) is 92.8 cm³/mol. The third kappa shape index (κ3) is 49.9. The van der Waals surface area contributed by atoms with Crippen molar-refractivity contribution in [3.05, 3.63) is 0 Å². The first kappa shape index (κ1) is 30.4. The van der Waals surface area contributed by atoms with Crippen LogP contribution in [0.15, 0.2) is 0 Å². The molecule has 0 rings (SSSR count). The zero-order valence-electron chi connectivity index (χ0n) is 15.4. The van der Waals surface area contributed by atoms with E-state index < -0.39 is 0 Å². The fourth-order valence-electron chi connectivity index (χ4n) is 1.59. The summed E-state index contributed by atoms with van der Waals surface area (Å²) in [6, 6.07) is 0. The summed E-state index contributed by atoms with van der Waals surface area (Å²) < 4.78 is 0. The van der Waals surface area contributed by atoms with Crippen molar-refractivity contribution in [3.63, 3.8) is 0 Å². The second-order valence-electron chi connectivity index (χ2n) is 5.29. The van der Waals surface area contributed by atoms with Crippen molar-refractivity contribution in [2.24, 2.45) is 0 Å². The van der Waals surface area contributed by atoms with Crippen molar-refractivity contribution in [3.8, 4) is 0 Å². The summed E-state index contributed by atoms with van der Waals surface area (Å²) in [4.78, 5) is 0. The molecule has 0 bridgehead atoms. The third-order valence-corrected chi connectivity index (χ3v) is 2.99. The van der Waals surface area contributed by atoms with E-state index in [2.05, 4.69) is 20.8 Å². The van der Waals surface area contributed by atoms with Gasteiger partial charge in [-0.05, 0) is 0 Å². The zero-order chi connectivity index (χ0) is 16.6. The molecule has 0 unspecified atom stereocenters. The van der Waals surface area contributed by atoms with Gasteiger partial charge in [-0.1, -0.05) is 97.8 Å². The smallest absolute Gasteiger partial charge is 0.854 e. The molecule has 0 aromatic carbocycles. The molecular weight excluding hydrogens is 334 g/mol. The minimum absolute atomic E-state index is 0. The maximum Gasteiger partial charge on any atom is 3.00 e. The van der Waals surface area contributed by atoms with Gasteiger partial charge in [0.05, 0.1) is 0 Å². The van der Waals surface area contributed by atoms with E-state index in [0.717, 1.165) is 38.5 Å². The Kier molecular flexibility index (Phi) is 52.0. The molecule has 0 aliphatic rings. The monoisotopic (exact) mass is 372 g/mol. The van der Waals surface area contributed by atoms with Crippen molar-refractivity contribution in [1.82, 2.24) is 0 Å². The molecule has 0 N–H and O–H groups in total. The SMILES string of the molecule is CCCCCC[O-].CCCCCC[O-].CCCCCC[O-].[Ga+3]. The molecule has 0 aliphatic heterocycles. The van der Waals surface area contributed by atoms with Gasteiger partial charge in [-0.25, -0.2) is 0 Å². The second-order valence-corrected chi connectivity index (χ2v) is 5.29. The summed E-state index contributed by atoms with van der Waals surface area (Å²) in [5.41, 5.74) is 0. The molecule has 3 nitrogen and oxygen atoms in total. The molecule has 4 heteroatoms. The Bertz CT molecular complexity index is 99.7. The van der Waals surface area contributed by atoms with Gasteiger partial charge in [0.1, 0.15) is 0 Å². The molecular formula is C18H39GaO3. The van der Waals surface area contributed by atoms with Gasteiger partial charge in [0.2, 0.25) is 0 Å². The molecule has 0 spiro atoms. The first-order valence-corrected chi connectivity index (χ1v) is 8.99. The Morgan fingerprint density at radius 3 is 0.773 bits per heavy atom. The normalized spacial score (nSPS) is 9.00. The Labute approximate surface area is 153 Å². The molecule has 132 valence electrons.